The van der Waals surface area contributed by atoms with Gasteiger partial charge in [0.25, 0.3) is 0 Å². The zero-order valence-electron chi connectivity index (χ0n) is 6.39. The molecule has 0 aromatic rings. The van der Waals surface area contributed by atoms with Crippen molar-refractivity contribution in [2.24, 2.45) is 5.10 Å². The van der Waals surface area contributed by atoms with E-state index in [-0.39, 0.29) is 0 Å². The Morgan fingerprint density at radius 1 is 1.44 bits per heavy atom. The van der Waals surface area contributed by atoms with Crippen LogP contribution >= 0.6 is 0 Å². The highest BCUT2D eigenvalue weighted by Crippen LogP contribution is 1.80. The molecule has 1 aliphatic heterocycles. The first-order valence-electron chi connectivity index (χ1n) is 3.09. The van der Waals surface area contributed by atoms with Crippen LogP contribution < -0.4 is 5.01 Å². The third-order valence-corrected chi connectivity index (χ3v) is 1.84. The van der Waals surface area contributed by atoms with Crippen molar-refractivity contribution in [3.05, 3.63) is 0 Å². The maximum atomic E-state index is 4.27. The summed E-state index contributed by atoms with van der Waals surface area (Å²) in [5.74, 6) is 2.34. The molecular formula is C6H13N3+2. The molecule has 0 saturated carbocycles. The molecule has 0 spiro atoms. The Bertz CT molecular complexity index is 190. The van der Waals surface area contributed by atoms with Crippen LogP contribution in [-0.2, 0) is 0 Å². The lowest BCUT2D eigenvalue weighted by Gasteiger charge is -1.89. The molecule has 0 fully saturated rings. The highest BCUT2D eigenvalue weighted by atomic mass is 15.5. The van der Waals surface area contributed by atoms with Crippen molar-refractivity contribution in [2.75, 3.05) is 14.1 Å². The van der Waals surface area contributed by atoms with Crippen molar-refractivity contribution in [3.8, 4) is 0 Å². The molecule has 1 heterocycles. The van der Waals surface area contributed by atoms with Gasteiger partial charge < -0.3 is 0 Å². The molecule has 1 aliphatic rings. The normalized spacial score (nSPS) is 27.1. The lowest BCUT2D eigenvalue weighted by Crippen LogP contribution is -3.06. The van der Waals surface area contributed by atoms with Crippen LogP contribution in [0.2, 0.25) is 0 Å². The van der Waals surface area contributed by atoms with E-state index in [4.69, 9.17) is 0 Å². The molecule has 0 bridgehead atoms. The fraction of sp³-hybridized carbons (Fsp3) is 0.667. The molecule has 50 valence electrons. The molecular weight excluding hydrogens is 114 g/mol. The summed E-state index contributed by atoms with van der Waals surface area (Å²) in [6, 6.07) is 0. The second-order valence-corrected chi connectivity index (χ2v) is 2.39. The summed E-state index contributed by atoms with van der Waals surface area (Å²) in [5.41, 5.74) is 0. The fourth-order valence-corrected chi connectivity index (χ4v) is 0.884. The maximum absolute atomic E-state index is 4.27. The van der Waals surface area contributed by atoms with Crippen molar-refractivity contribution in [3.63, 3.8) is 0 Å². The van der Waals surface area contributed by atoms with Crippen LogP contribution in [0.3, 0.4) is 0 Å². The topological polar surface area (TPSA) is 19.8 Å². The third kappa shape index (κ3) is 0.876. The minimum atomic E-state index is 1.09. The summed E-state index contributed by atoms with van der Waals surface area (Å²) >= 11 is 0. The first-order chi connectivity index (χ1) is 4.13. The van der Waals surface area contributed by atoms with E-state index in [1.807, 2.05) is 21.0 Å². The number of amidine groups is 2. The number of nitrogens with one attached hydrogen (secondary N) is 1. The number of hydrogen-bond acceptors (Lipinski definition) is 1. The molecule has 0 aliphatic carbocycles. The zero-order chi connectivity index (χ0) is 7.02. The van der Waals surface area contributed by atoms with Crippen molar-refractivity contribution < 1.29 is 9.58 Å². The molecule has 0 aromatic carbocycles. The van der Waals surface area contributed by atoms with Gasteiger partial charge in [-0.3, -0.25) is 0 Å². The second kappa shape index (κ2) is 1.92. The summed E-state index contributed by atoms with van der Waals surface area (Å²) in [5, 5.41) is 5.41. The van der Waals surface area contributed by atoms with Gasteiger partial charge in [0, 0.05) is 6.92 Å². The lowest BCUT2D eigenvalue weighted by atomic mass is 10.6. The van der Waals surface area contributed by atoms with Crippen molar-refractivity contribution in [1.29, 1.82) is 0 Å². The number of quaternary nitrogens is 1. The molecule has 1 rings (SSSR count). The molecule has 0 saturated heterocycles. The first kappa shape index (κ1) is 6.42. The average Bonchev–Trinajstić information content (AvgIpc) is 1.98. The molecule has 3 nitrogen and oxygen atoms in total. The Labute approximate surface area is 55.3 Å². The van der Waals surface area contributed by atoms with Gasteiger partial charge in [-0.05, 0) is 0 Å². The van der Waals surface area contributed by atoms with Gasteiger partial charge in [-0.25, -0.2) is 0 Å². The van der Waals surface area contributed by atoms with E-state index >= 15 is 0 Å². The van der Waals surface area contributed by atoms with E-state index in [0.29, 0.717) is 0 Å². The van der Waals surface area contributed by atoms with Crippen LogP contribution in [0.25, 0.3) is 0 Å². The van der Waals surface area contributed by atoms with E-state index in [9.17, 15) is 0 Å². The SMILES string of the molecule is CC1=N[NH+](C)C(C)=[N+]1C. The van der Waals surface area contributed by atoms with Gasteiger partial charge in [-0.1, -0.05) is 5.01 Å². The largest absolute Gasteiger partial charge is 0.361 e. The maximum Gasteiger partial charge on any atom is 0.361 e. The first-order valence-corrected chi connectivity index (χ1v) is 3.09. The zero-order valence-corrected chi connectivity index (χ0v) is 6.39. The highest BCUT2D eigenvalue weighted by Gasteiger charge is 2.27. The van der Waals surface area contributed by atoms with Crippen LogP contribution in [0.5, 0.6) is 0 Å². The summed E-state index contributed by atoms with van der Waals surface area (Å²) in [7, 11) is 4.06. The van der Waals surface area contributed by atoms with Gasteiger partial charge in [0.15, 0.2) is 0 Å². The van der Waals surface area contributed by atoms with Crippen molar-refractivity contribution in [1.82, 2.24) is 0 Å². The predicted octanol–water partition coefficient (Wildman–Crippen LogP) is -1.09. The Morgan fingerprint density at radius 2 is 2.00 bits per heavy atom. The van der Waals surface area contributed by atoms with Gasteiger partial charge >= 0.3 is 11.7 Å². The van der Waals surface area contributed by atoms with E-state index < -0.39 is 0 Å². The smallest absolute Gasteiger partial charge is 0.180 e. The monoisotopic (exact) mass is 127 g/mol. The summed E-state index contributed by atoms with van der Waals surface area (Å²) in [6.07, 6.45) is 0. The molecule has 3 heteroatoms. The van der Waals surface area contributed by atoms with Crippen LogP contribution in [0.4, 0.5) is 0 Å². The van der Waals surface area contributed by atoms with Gasteiger partial charge in [0.05, 0.1) is 14.0 Å². The molecule has 0 amide bonds. The average molecular weight is 127 g/mol. The molecule has 1 unspecified atom stereocenters. The standard InChI is InChI=1S/C6H12N3/c1-5-7-9(4)6(2)8(5)3/h1-4H3/q+1/p+1. The third-order valence-electron chi connectivity index (χ3n) is 1.84. The highest BCUT2D eigenvalue weighted by molar-refractivity contribution is 5.81. The van der Waals surface area contributed by atoms with Gasteiger partial charge in [0.2, 0.25) is 0 Å². The molecule has 0 radical (unpaired) electrons. The van der Waals surface area contributed by atoms with Gasteiger partial charge in [0.1, 0.15) is 12.1 Å². The molecule has 1 N–H and O–H groups in total. The van der Waals surface area contributed by atoms with E-state index in [1.165, 1.54) is 5.84 Å². The van der Waals surface area contributed by atoms with Gasteiger partial charge in [-0.2, -0.15) is 4.58 Å². The van der Waals surface area contributed by atoms with Gasteiger partial charge in [-0.15, -0.1) is 0 Å². The van der Waals surface area contributed by atoms with E-state index in [1.54, 1.807) is 0 Å². The Balaban J connectivity index is 2.97. The summed E-state index contributed by atoms with van der Waals surface area (Å²) < 4.78 is 2.09. The van der Waals surface area contributed by atoms with Crippen LogP contribution in [0.1, 0.15) is 13.8 Å². The molecule has 1 atom stereocenters. The lowest BCUT2D eigenvalue weighted by molar-refractivity contribution is -0.797. The van der Waals surface area contributed by atoms with E-state index in [2.05, 4.69) is 16.6 Å². The van der Waals surface area contributed by atoms with E-state index in [0.717, 1.165) is 10.8 Å². The Morgan fingerprint density at radius 3 is 2.11 bits per heavy atom. The minimum Gasteiger partial charge on any atom is -0.180 e. The summed E-state index contributed by atoms with van der Waals surface area (Å²) in [4.78, 5) is 0. The fourth-order valence-electron chi connectivity index (χ4n) is 0.884. The number of nitrogens with zero attached hydrogens (tertiary/aromatic N) is 2. The predicted molar refractivity (Wildman–Crippen MR) is 36.9 cm³/mol. The molecule has 9 heavy (non-hydrogen) atoms. The van der Waals surface area contributed by atoms with Crippen LogP contribution in [0.15, 0.2) is 5.10 Å². The van der Waals surface area contributed by atoms with Crippen molar-refractivity contribution >= 4 is 11.7 Å². The Kier molecular flexibility index (Phi) is 1.37. The molecule has 0 aromatic heterocycles. The Hall–Kier alpha value is -0.700. The second-order valence-electron chi connectivity index (χ2n) is 2.39. The quantitative estimate of drug-likeness (QED) is 0.399. The number of rotatable bonds is 0. The van der Waals surface area contributed by atoms with Crippen LogP contribution in [0, 0.1) is 0 Å². The van der Waals surface area contributed by atoms with Crippen LogP contribution in [-0.4, -0.2) is 30.3 Å². The number of hydrogen-bond donors (Lipinski definition) is 1. The van der Waals surface area contributed by atoms with Crippen molar-refractivity contribution in [2.45, 2.75) is 13.8 Å². The minimum absolute atomic E-state index is 1.09. The summed E-state index contributed by atoms with van der Waals surface area (Å²) in [6.45, 7) is 4.09.